The monoisotopic (exact) mass is 445 g/mol. The molecule has 1 heterocycles. The van der Waals surface area contributed by atoms with Crippen molar-refractivity contribution in [2.45, 2.75) is 45.3 Å². The second-order valence-electron chi connectivity index (χ2n) is 7.74. The van der Waals surface area contributed by atoms with Crippen molar-refractivity contribution in [1.29, 1.82) is 0 Å². The van der Waals surface area contributed by atoms with Gasteiger partial charge in [0.05, 0.1) is 25.9 Å². The number of nitrogens with zero attached hydrogens (tertiary/aromatic N) is 3. The van der Waals surface area contributed by atoms with E-state index in [1.165, 1.54) is 17.8 Å². The molecule has 0 spiro atoms. The lowest BCUT2D eigenvalue weighted by atomic mass is 9.89. The highest BCUT2D eigenvalue weighted by Gasteiger charge is 2.22. The topological polar surface area (TPSA) is 149 Å². The predicted octanol–water partition coefficient (Wildman–Crippen LogP) is 2.03. The van der Waals surface area contributed by atoms with E-state index in [0.717, 1.165) is 32.1 Å². The second-order valence-corrected chi connectivity index (χ2v) is 7.74. The normalized spacial score (nSPS) is 14.1. The first kappa shape index (κ1) is 23.2. The van der Waals surface area contributed by atoms with E-state index in [1.807, 2.05) is 0 Å². The van der Waals surface area contributed by atoms with Crippen molar-refractivity contribution in [3.8, 4) is 5.75 Å². The van der Waals surface area contributed by atoms with E-state index in [-0.39, 0.29) is 37.5 Å². The molecule has 1 fully saturated rings. The fraction of sp³-hybridized carbons (Fsp3) is 0.476. The Morgan fingerprint density at radius 1 is 1.31 bits per heavy atom. The van der Waals surface area contributed by atoms with E-state index >= 15 is 0 Å². The summed E-state index contributed by atoms with van der Waals surface area (Å²) in [5.74, 6) is -0.570. The number of carbonyl (C=O) groups is 2. The zero-order valence-electron chi connectivity index (χ0n) is 17.9. The number of imidazole rings is 1. The molecule has 0 saturated heterocycles. The van der Waals surface area contributed by atoms with Gasteiger partial charge in [0.15, 0.2) is 5.69 Å². The van der Waals surface area contributed by atoms with Gasteiger partial charge in [-0.15, -0.1) is 0 Å². The number of carbonyl (C=O) groups excluding carboxylic acids is 2. The number of rotatable bonds is 9. The van der Waals surface area contributed by atoms with E-state index in [0.29, 0.717) is 22.7 Å². The van der Waals surface area contributed by atoms with Gasteiger partial charge in [-0.2, -0.15) is 0 Å². The molecule has 1 aromatic carbocycles. The SMILES string of the molecule is Cn1c(COc2ccc(CO)cc2NC(=O)CNC(=O)C2CCCCC2)cnc1[N+](=O)[O-]. The molecular formula is C21H27N5O6. The molecule has 11 nitrogen and oxygen atoms in total. The minimum Gasteiger partial charge on any atom is -0.484 e. The molecule has 2 aromatic rings. The first-order valence-electron chi connectivity index (χ1n) is 10.5. The summed E-state index contributed by atoms with van der Waals surface area (Å²) >= 11 is 0. The largest absolute Gasteiger partial charge is 0.484 e. The van der Waals surface area contributed by atoms with Crippen LogP contribution < -0.4 is 15.4 Å². The number of benzene rings is 1. The van der Waals surface area contributed by atoms with E-state index < -0.39 is 10.8 Å². The molecule has 1 aromatic heterocycles. The molecule has 0 bridgehead atoms. The summed E-state index contributed by atoms with van der Waals surface area (Å²) in [6.45, 7) is -0.418. The number of anilines is 1. The molecule has 1 aliphatic carbocycles. The summed E-state index contributed by atoms with van der Waals surface area (Å²) in [6, 6.07) is 4.80. The third-order valence-corrected chi connectivity index (χ3v) is 5.50. The number of aliphatic hydroxyl groups excluding tert-OH is 1. The first-order chi connectivity index (χ1) is 15.4. The van der Waals surface area contributed by atoms with Crippen LogP contribution in [0.3, 0.4) is 0 Å². The average Bonchev–Trinajstić information content (AvgIpc) is 3.17. The maximum absolute atomic E-state index is 12.4. The van der Waals surface area contributed by atoms with Crippen LogP contribution in [0.1, 0.15) is 43.4 Å². The molecule has 0 aliphatic heterocycles. The lowest BCUT2D eigenvalue weighted by molar-refractivity contribution is -0.396. The highest BCUT2D eigenvalue weighted by atomic mass is 16.6. The fourth-order valence-electron chi connectivity index (χ4n) is 3.66. The predicted molar refractivity (Wildman–Crippen MR) is 115 cm³/mol. The molecule has 172 valence electrons. The number of nitrogens with one attached hydrogen (secondary N) is 2. The Morgan fingerprint density at radius 2 is 2.06 bits per heavy atom. The van der Waals surface area contributed by atoms with Gasteiger partial charge < -0.3 is 30.6 Å². The standard InChI is InChI=1S/C21H27N5O6/c1-25-16(10-23-21(25)26(30)31)13-32-18-8-7-14(12-27)9-17(18)24-19(28)11-22-20(29)15-5-3-2-4-6-15/h7-10,15,27H,2-6,11-13H2,1H3,(H,22,29)(H,24,28). The maximum Gasteiger partial charge on any atom is 0.434 e. The van der Waals surface area contributed by atoms with Crippen molar-refractivity contribution in [3.05, 3.63) is 45.8 Å². The van der Waals surface area contributed by atoms with E-state index in [2.05, 4.69) is 15.6 Å². The molecule has 3 rings (SSSR count). The lowest BCUT2D eigenvalue weighted by Gasteiger charge is -2.20. The Labute approximate surface area is 184 Å². The van der Waals surface area contributed by atoms with Gasteiger partial charge >= 0.3 is 5.95 Å². The summed E-state index contributed by atoms with van der Waals surface area (Å²) < 4.78 is 7.06. The van der Waals surface area contributed by atoms with Crippen LogP contribution in [0, 0.1) is 16.0 Å². The smallest absolute Gasteiger partial charge is 0.434 e. The van der Waals surface area contributed by atoms with Gasteiger partial charge in [-0.1, -0.05) is 30.3 Å². The van der Waals surface area contributed by atoms with Crippen molar-refractivity contribution in [2.75, 3.05) is 11.9 Å². The molecule has 2 amide bonds. The van der Waals surface area contributed by atoms with Gasteiger partial charge in [0, 0.05) is 5.92 Å². The molecule has 11 heteroatoms. The van der Waals surface area contributed by atoms with Gasteiger partial charge in [-0.25, -0.2) is 4.57 Å². The van der Waals surface area contributed by atoms with Crippen LogP contribution in [0.2, 0.25) is 0 Å². The molecule has 32 heavy (non-hydrogen) atoms. The zero-order valence-corrected chi connectivity index (χ0v) is 17.9. The lowest BCUT2D eigenvalue weighted by Crippen LogP contribution is -2.37. The van der Waals surface area contributed by atoms with E-state index in [9.17, 15) is 24.8 Å². The van der Waals surface area contributed by atoms with Crippen molar-refractivity contribution in [3.63, 3.8) is 0 Å². The highest BCUT2D eigenvalue weighted by Crippen LogP contribution is 2.27. The summed E-state index contributed by atoms with van der Waals surface area (Å²) in [7, 11) is 1.51. The summed E-state index contributed by atoms with van der Waals surface area (Å²) in [5.41, 5.74) is 1.36. The third-order valence-electron chi connectivity index (χ3n) is 5.50. The Bertz CT molecular complexity index is 983. The van der Waals surface area contributed by atoms with Gasteiger partial charge in [0.1, 0.15) is 18.6 Å². The number of ether oxygens (including phenoxy) is 1. The minimum absolute atomic E-state index is 0.0168. The van der Waals surface area contributed by atoms with Crippen LogP contribution in [0.15, 0.2) is 24.4 Å². The van der Waals surface area contributed by atoms with Crippen LogP contribution in [-0.4, -0.2) is 37.9 Å². The fourth-order valence-corrected chi connectivity index (χ4v) is 3.66. The van der Waals surface area contributed by atoms with Gasteiger partial charge in [0.25, 0.3) is 0 Å². The van der Waals surface area contributed by atoms with E-state index in [4.69, 9.17) is 4.74 Å². The first-order valence-corrected chi connectivity index (χ1v) is 10.5. The summed E-state index contributed by atoms with van der Waals surface area (Å²) in [5, 5.41) is 25.7. The molecule has 0 atom stereocenters. The van der Waals surface area contributed by atoms with E-state index in [1.54, 1.807) is 18.2 Å². The van der Waals surface area contributed by atoms with Crippen LogP contribution in [0.4, 0.5) is 11.6 Å². The minimum atomic E-state index is -0.590. The molecule has 1 saturated carbocycles. The maximum atomic E-state index is 12.4. The Morgan fingerprint density at radius 3 is 2.72 bits per heavy atom. The van der Waals surface area contributed by atoms with Crippen molar-refractivity contribution in [1.82, 2.24) is 14.9 Å². The molecule has 0 unspecified atom stereocenters. The average molecular weight is 445 g/mol. The van der Waals surface area contributed by atoms with Crippen molar-refractivity contribution in [2.24, 2.45) is 13.0 Å². The second kappa shape index (κ2) is 10.7. The van der Waals surface area contributed by atoms with Crippen LogP contribution in [-0.2, 0) is 29.9 Å². The highest BCUT2D eigenvalue weighted by molar-refractivity contribution is 5.96. The van der Waals surface area contributed by atoms with Crippen molar-refractivity contribution >= 4 is 23.5 Å². The number of hydrogen-bond donors (Lipinski definition) is 3. The van der Waals surface area contributed by atoms with Crippen LogP contribution in [0.5, 0.6) is 5.75 Å². The molecule has 1 aliphatic rings. The Hall–Kier alpha value is -3.47. The molecule has 0 radical (unpaired) electrons. The van der Waals surface area contributed by atoms with Crippen LogP contribution in [0.25, 0.3) is 0 Å². The summed E-state index contributed by atoms with van der Waals surface area (Å²) in [6.07, 6.45) is 6.23. The Kier molecular flexibility index (Phi) is 7.77. The number of aromatic nitrogens is 2. The third kappa shape index (κ3) is 5.82. The zero-order chi connectivity index (χ0) is 23.1. The van der Waals surface area contributed by atoms with Crippen molar-refractivity contribution < 1.29 is 24.4 Å². The Balaban J connectivity index is 1.63. The van der Waals surface area contributed by atoms with Gasteiger partial charge in [-0.05, 0) is 35.5 Å². The number of hydrogen-bond acceptors (Lipinski definition) is 7. The number of aliphatic hydroxyl groups is 1. The molecular weight excluding hydrogens is 418 g/mol. The molecule has 3 N–H and O–H groups in total. The van der Waals surface area contributed by atoms with Crippen LogP contribution >= 0.6 is 0 Å². The quantitative estimate of drug-likeness (QED) is 0.395. The van der Waals surface area contributed by atoms with Gasteiger partial charge in [-0.3, -0.25) is 9.59 Å². The number of amides is 2. The summed E-state index contributed by atoms with van der Waals surface area (Å²) in [4.78, 5) is 38.8. The van der Waals surface area contributed by atoms with Gasteiger partial charge in [0.2, 0.25) is 11.8 Å². The number of nitro groups is 1.